The van der Waals surface area contributed by atoms with Crippen LogP contribution in [0.2, 0.25) is 0 Å². The third-order valence-electron chi connectivity index (χ3n) is 3.56. The van der Waals surface area contributed by atoms with E-state index in [1.54, 1.807) is 0 Å². The number of guanidine groups is 1. The number of hydrogen-bond donors (Lipinski definition) is 2. The van der Waals surface area contributed by atoms with Gasteiger partial charge in [0, 0.05) is 25.2 Å². The number of rotatable bonds is 4. The first-order valence-corrected chi connectivity index (χ1v) is 7.66. The maximum atomic E-state index is 6.00. The van der Waals surface area contributed by atoms with Crippen LogP contribution in [-0.2, 0) is 6.54 Å². The van der Waals surface area contributed by atoms with Crippen molar-refractivity contribution in [2.45, 2.75) is 19.9 Å². The van der Waals surface area contributed by atoms with Crippen molar-refractivity contribution in [1.29, 1.82) is 0 Å². The molecule has 2 N–H and O–H groups in total. The average Bonchev–Trinajstić information content (AvgIpc) is 2.57. The van der Waals surface area contributed by atoms with Gasteiger partial charge in [0.25, 0.3) is 0 Å². The molecule has 2 aromatic rings. The lowest BCUT2D eigenvalue weighted by Crippen LogP contribution is -2.40. The second-order valence-corrected chi connectivity index (χ2v) is 5.39. The molecule has 0 aliphatic carbocycles. The molecule has 122 valence electrons. The van der Waals surface area contributed by atoms with Crippen molar-refractivity contribution < 1.29 is 4.74 Å². The van der Waals surface area contributed by atoms with Crippen LogP contribution >= 0.6 is 24.0 Å². The van der Waals surface area contributed by atoms with Crippen molar-refractivity contribution in [2.24, 2.45) is 4.99 Å². The minimum absolute atomic E-state index is 0. The normalized spacial score (nSPS) is 13.3. The Morgan fingerprint density at radius 1 is 1.13 bits per heavy atom. The molecule has 0 fully saturated rings. The molecule has 1 aliphatic heterocycles. The summed E-state index contributed by atoms with van der Waals surface area (Å²) in [5.41, 5.74) is 2.34. The van der Waals surface area contributed by atoms with E-state index in [-0.39, 0.29) is 24.0 Å². The maximum Gasteiger partial charge on any atom is 0.191 e. The summed E-state index contributed by atoms with van der Waals surface area (Å²) < 4.78 is 6.00. The Morgan fingerprint density at radius 3 is 2.65 bits per heavy atom. The van der Waals surface area contributed by atoms with E-state index in [0.717, 1.165) is 42.5 Å². The number of para-hydroxylation sites is 1. The minimum atomic E-state index is 0. The number of nitrogens with zero attached hydrogens (tertiary/aromatic N) is 1. The molecule has 0 aromatic heterocycles. The van der Waals surface area contributed by atoms with Crippen LogP contribution in [0, 0.1) is 6.92 Å². The van der Waals surface area contributed by atoms with Crippen molar-refractivity contribution in [3.63, 3.8) is 0 Å². The van der Waals surface area contributed by atoms with Gasteiger partial charge in [0.2, 0.25) is 0 Å². The van der Waals surface area contributed by atoms with Crippen LogP contribution in [0.3, 0.4) is 0 Å². The van der Waals surface area contributed by atoms with E-state index < -0.39 is 0 Å². The molecular formula is C18H22IN3O. The van der Waals surface area contributed by atoms with Gasteiger partial charge in [-0.2, -0.15) is 0 Å². The van der Waals surface area contributed by atoms with Crippen molar-refractivity contribution in [1.82, 2.24) is 10.6 Å². The van der Waals surface area contributed by atoms with E-state index >= 15 is 0 Å². The summed E-state index contributed by atoms with van der Waals surface area (Å²) in [5.74, 6) is 2.60. The van der Waals surface area contributed by atoms with Crippen LogP contribution in [0.15, 0.2) is 53.5 Å². The third kappa shape index (κ3) is 5.13. The number of ether oxygens (including phenoxy) is 1. The largest absolute Gasteiger partial charge is 0.457 e. The molecule has 0 atom stereocenters. The minimum Gasteiger partial charge on any atom is -0.457 e. The van der Waals surface area contributed by atoms with Crippen LogP contribution in [0.5, 0.6) is 11.5 Å². The molecule has 1 heterocycles. The SMILES string of the molecule is Cc1ccc(Oc2ccccc2CNC2=NCCCN2)cc1.I. The van der Waals surface area contributed by atoms with Gasteiger partial charge in [0.15, 0.2) is 5.96 Å². The molecule has 0 radical (unpaired) electrons. The van der Waals surface area contributed by atoms with Crippen LogP contribution in [0.4, 0.5) is 0 Å². The molecule has 0 amide bonds. The van der Waals surface area contributed by atoms with E-state index in [0.29, 0.717) is 6.54 Å². The average molecular weight is 423 g/mol. The Hall–Kier alpha value is -1.76. The summed E-state index contributed by atoms with van der Waals surface area (Å²) >= 11 is 0. The predicted molar refractivity (Wildman–Crippen MR) is 105 cm³/mol. The molecular weight excluding hydrogens is 401 g/mol. The van der Waals surface area contributed by atoms with E-state index in [1.807, 2.05) is 30.3 Å². The second kappa shape index (κ2) is 8.76. The summed E-state index contributed by atoms with van der Waals surface area (Å²) in [7, 11) is 0. The zero-order chi connectivity index (χ0) is 15.2. The lowest BCUT2D eigenvalue weighted by Gasteiger charge is -2.17. The van der Waals surface area contributed by atoms with Crippen molar-refractivity contribution in [3.05, 3.63) is 59.7 Å². The molecule has 2 aromatic carbocycles. The highest BCUT2D eigenvalue weighted by Gasteiger charge is 2.07. The van der Waals surface area contributed by atoms with Gasteiger partial charge in [-0.15, -0.1) is 24.0 Å². The highest BCUT2D eigenvalue weighted by Crippen LogP contribution is 2.25. The van der Waals surface area contributed by atoms with E-state index in [2.05, 4.69) is 40.7 Å². The van der Waals surface area contributed by atoms with E-state index in [1.165, 1.54) is 5.56 Å². The Morgan fingerprint density at radius 2 is 1.91 bits per heavy atom. The molecule has 0 unspecified atom stereocenters. The number of nitrogens with one attached hydrogen (secondary N) is 2. The summed E-state index contributed by atoms with van der Waals surface area (Å²) in [5, 5.41) is 6.59. The second-order valence-electron chi connectivity index (χ2n) is 5.39. The lowest BCUT2D eigenvalue weighted by atomic mass is 10.2. The fraction of sp³-hybridized carbons (Fsp3) is 0.278. The number of hydrogen-bond acceptors (Lipinski definition) is 4. The van der Waals surface area contributed by atoms with Crippen LogP contribution in [-0.4, -0.2) is 19.0 Å². The standard InChI is InChI=1S/C18H21N3O.HI/c1-14-7-9-16(10-8-14)22-17-6-3-2-5-15(17)13-21-18-19-11-4-12-20-18;/h2-3,5-10H,4,11-13H2,1H3,(H2,19,20,21);1H. The van der Waals surface area contributed by atoms with Gasteiger partial charge < -0.3 is 15.4 Å². The molecule has 3 rings (SSSR count). The Bertz CT molecular complexity index is 656. The number of halogens is 1. The predicted octanol–water partition coefficient (Wildman–Crippen LogP) is 3.84. The fourth-order valence-electron chi connectivity index (χ4n) is 2.31. The number of aliphatic imine (C=N–C) groups is 1. The smallest absolute Gasteiger partial charge is 0.191 e. The monoisotopic (exact) mass is 423 g/mol. The van der Waals surface area contributed by atoms with Gasteiger partial charge in [-0.05, 0) is 31.5 Å². The quantitative estimate of drug-likeness (QED) is 0.735. The molecule has 0 saturated carbocycles. The fourth-order valence-corrected chi connectivity index (χ4v) is 2.31. The Labute approximate surface area is 154 Å². The zero-order valence-corrected chi connectivity index (χ0v) is 15.5. The number of aryl methyl sites for hydroxylation is 1. The van der Waals surface area contributed by atoms with Gasteiger partial charge >= 0.3 is 0 Å². The molecule has 1 aliphatic rings. The van der Waals surface area contributed by atoms with Crippen molar-refractivity contribution in [2.75, 3.05) is 13.1 Å². The molecule has 0 bridgehead atoms. The Balaban J connectivity index is 0.00000192. The topological polar surface area (TPSA) is 45.6 Å². The first-order valence-electron chi connectivity index (χ1n) is 7.66. The van der Waals surface area contributed by atoms with Gasteiger partial charge in [-0.25, -0.2) is 0 Å². The van der Waals surface area contributed by atoms with Crippen LogP contribution in [0.1, 0.15) is 17.5 Å². The lowest BCUT2D eigenvalue weighted by molar-refractivity contribution is 0.475. The van der Waals surface area contributed by atoms with Gasteiger partial charge in [-0.1, -0.05) is 35.9 Å². The summed E-state index contributed by atoms with van der Waals surface area (Å²) in [4.78, 5) is 4.42. The van der Waals surface area contributed by atoms with Crippen molar-refractivity contribution in [3.8, 4) is 11.5 Å². The highest BCUT2D eigenvalue weighted by atomic mass is 127. The summed E-state index contributed by atoms with van der Waals surface area (Å²) in [6.07, 6.45) is 1.10. The maximum absolute atomic E-state index is 6.00. The van der Waals surface area contributed by atoms with Crippen molar-refractivity contribution >= 4 is 29.9 Å². The Kier molecular flexibility index (Phi) is 6.70. The molecule has 23 heavy (non-hydrogen) atoms. The van der Waals surface area contributed by atoms with E-state index in [9.17, 15) is 0 Å². The van der Waals surface area contributed by atoms with Gasteiger partial charge in [-0.3, -0.25) is 4.99 Å². The summed E-state index contributed by atoms with van der Waals surface area (Å²) in [6.45, 7) is 4.62. The zero-order valence-electron chi connectivity index (χ0n) is 13.2. The van der Waals surface area contributed by atoms with Gasteiger partial charge in [0.05, 0.1) is 0 Å². The first-order chi connectivity index (χ1) is 10.8. The van der Waals surface area contributed by atoms with Crippen LogP contribution < -0.4 is 15.4 Å². The van der Waals surface area contributed by atoms with E-state index in [4.69, 9.17) is 4.74 Å². The van der Waals surface area contributed by atoms with Gasteiger partial charge in [0.1, 0.15) is 11.5 Å². The molecule has 4 nitrogen and oxygen atoms in total. The summed E-state index contributed by atoms with van der Waals surface area (Å²) in [6, 6.07) is 16.2. The number of benzene rings is 2. The first kappa shape index (κ1) is 17.6. The molecule has 0 saturated heterocycles. The third-order valence-corrected chi connectivity index (χ3v) is 3.56. The van der Waals surface area contributed by atoms with Crippen LogP contribution in [0.25, 0.3) is 0 Å². The highest BCUT2D eigenvalue weighted by molar-refractivity contribution is 14.0. The molecule has 5 heteroatoms. The molecule has 0 spiro atoms.